The predicted molar refractivity (Wildman–Crippen MR) is 137 cm³/mol. The third-order valence-electron chi connectivity index (χ3n) is 5.67. The highest BCUT2D eigenvalue weighted by atomic mass is 32.2. The van der Waals surface area contributed by atoms with Crippen LogP contribution in [0.4, 0.5) is 23.1 Å². The number of hydrogen-bond acceptors (Lipinski definition) is 9. The van der Waals surface area contributed by atoms with Crippen molar-refractivity contribution >= 4 is 54.7 Å². The molecule has 34 heavy (non-hydrogen) atoms. The molecule has 1 aromatic carbocycles. The lowest BCUT2D eigenvalue weighted by molar-refractivity contribution is 0.122. The van der Waals surface area contributed by atoms with Crippen LogP contribution < -0.4 is 14.5 Å². The van der Waals surface area contributed by atoms with E-state index in [9.17, 15) is 8.42 Å². The van der Waals surface area contributed by atoms with Gasteiger partial charge in [-0.2, -0.15) is 0 Å². The standard InChI is InChI=1S/C23H24N6O3S2/c1-28(34(2,30)31)18-5-3-4-16(12-18)19-15-33-20-14-25-23(27-22(19)20)26-17-6-7-21(24-13-17)29-8-10-32-11-9-29/h3-7,12-15H,8-11H2,1-2H3,(H,25,26,27). The van der Waals surface area contributed by atoms with Gasteiger partial charge in [0.05, 0.1) is 53.5 Å². The predicted octanol–water partition coefficient (Wildman–Crippen LogP) is 3.73. The molecule has 0 unspecified atom stereocenters. The molecule has 0 radical (unpaired) electrons. The number of aromatic nitrogens is 3. The number of pyridine rings is 1. The number of rotatable bonds is 6. The number of anilines is 4. The first-order valence-electron chi connectivity index (χ1n) is 10.7. The Bertz CT molecular complexity index is 1420. The average molecular weight is 497 g/mol. The first-order valence-corrected chi connectivity index (χ1v) is 13.5. The van der Waals surface area contributed by atoms with Crippen LogP contribution in [0, 0.1) is 0 Å². The van der Waals surface area contributed by atoms with Crippen LogP contribution >= 0.6 is 11.3 Å². The maximum Gasteiger partial charge on any atom is 0.231 e. The molecule has 176 valence electrons. The van der Waals surface area contributed by atoms with Crippen LogP contribution in [-0.4, -0.2) is 63.0 Å². The van der Waals surface area contributed by atoms with E-state index < -0.39 is 10.0 Å². The third-order valence-corrected chi connectivity index (χ3v) is 7.78. The van der Waals surface area contributed by atoms with Crippen molar-refractivity contribution in [3.05, 3.63) is 54.2 Å². The Morgan fingerprint density at radius 1 is 1.12 bits per heavy atom. The number of fused-ring (bicyclic) bond motifs is 1. The molecule has 1 aliphatic rings. The van der Waals surface area contributed by atoms with Crippen molar-refractivity contribution in [2.75, 3.05) is 54.1 Å². The lowest BCUT2D eigenvalue weighted by atomic mass is 10.1. The quantitative estimate of drug-likeness (QED) is 0.431. The van der Waals surface area contributed by atoms with Gasteiger partial charge in [0, 0.05) is 31.1 Å². The maximum absolute atomic E-state index is 12.0. The van der Waals surface area contributed by atoms with E-state index in [4.69, 9.17) is 9.72 Å². The molecule has 11 heteroatoms. The fourth-order valence-electron chi connectivity index (χ4n) is 3.72. The molecule has 0 atom stereocenters. The van der Waals surface area contributed by atoms with Crippen molar-refractivity contribution in [2.24, 2.45) is 0 Å². The van der Waals surface area contributed by atoms with E-state index in [1.165, 1.54) is 10.6 Å². The Labute approximate surface area is 202 Å². The number of thiophene rings is 1. The van der Waals surface area contributed by atoms with E-state index in [-0.39, 0.29) is 0 Å². The van der Waals surface area contributed by atoms with E-state index in [0.29, 0.717) is 24.8 Å². The molecule has 0 bridgehead atoms. The Hall–Kier alpha value is -3.28. The summed E-state index contributed by atoms with van der Waals surface area (Å²) in [6, 6.07) is 11.4. The van der Waals surface area contributed by atoms with Crippen molar-refractivity contribution in [3.63, 3.8) is 0 Å². The summed E-state index contributed by atoms with van der Waals surface area (Å²) in [6.07, 6.45) is 4.76. The molecule has 1 fully saturated rings. The molecule has 0 saturated carbocycles. The second kappa shape index (κ2) is 9.16. The first-order chi connectivity index (χ1) is 16.4. The van der Waals surface area contributed by atoms with E-state index in [2.05, 4.69) is 20.2 Å². The zero-order valence-electron chi connectivity index (χ0n) is 18.8. The van der Waals surface area contributed by atoms with Crippen LogP contribution in [-0.2, 0) is 14.8 Å². The van der Waals surface area contributed by atoms with E-state index in [0.717, 1.165) is 45.9 Å². The highest BCUT2D eigenvalue weighted by molar-refractivity contribution is 7.92. The van der Waals surface area contributed by atoms with Crippen LogP contribution in [0.15, 0.2) is 54.2 Å². The van der Waals surface area contributed by atoms with Gasteiger partial charge in [-0.25, -0.2) is 23.4 Å². The molecule has 4 heterocycles. The molecule has 0 aliphatic carbocycles. The number of morpholine rings is 1. The SMILES string of the molecule is CN(c1cccc(-c2csc3cnc(Nc4ccc(N5CCOCC5)nc4)nc23)c1)S(C)(=O)=O. The second-order valence-corrected chi connectivity index (χ2v) is 10.9. The van der Waals surface area contributed by atoms with Crippen molar-refractivity contribution in [1.82, 2.24) is 15.0 Å². The summed E-state index contributed by atoms with van der Waals surface area (Å²) < 4.78 is 31.5. The minimum Gasteiger partial charge on any atom is -0.378 e. The number of ether oxygens (including phenoxy) is 1. The molecule has 0 spiro atoms. The largest absolute Gasteiger partial charge is 0.378 e. The second-order valence-electron chi connectivity index (χ2n) is 7.97. The van der Waals surface area contributed by atoms with Crippen molar-refractivity contribution in [1.29, 1.82) is 0 Å². The Kier molecular flexibility index (Phi) is 6.07. The van der Waals surface area contributed by atoms with Gasteiger partial charge in [0.1, 0.15) is 5.82 Å². The van der Waals surface area contributed by atoms with Crippen LogP contribution in [0.3, 0.4) is 0 Å². The topological polar surface area (TPSA) is 101 Å². The highest BCUT2D eigenvalue weighted by Crippen LogP contribution is 2.35. The third kappa shape index (κ3) is 4.67. The molecule has 0 amide bonds. The zero-order valence-corrected chi connectivity index (χ0v) is 20.4. The molecule has 1 N–H and O–H groups in total. The van der Waals surface area contributed by atoms with Gasteiger partial charge in [0.15, 0.2) is 0 Å². The number of hydrogen-bond donors (Lipinski definition) is 1. The van der Waals surface area contributed by atoms with Gasteiger partial charge < -0.3 is 15.0 Å². The van der Waals surface area contributed by atoms with Gasteiger partial charge in [0.2, 0.25) is 16.0 Å². The minimum atomic E-state index is -3.35. The lowest BCUT2D eigenvalue weighted by Gasteiger charge is -2.27. The normalized spacial score (nSPS) is 14.4. The molecular weight excluding hydrogens is 472 g/mol. The monoisotopic (exact) mass is 496 g/mol. The van der Waals surface area contributed by atoms with Gasteiger partial charge in [-0.15, -0.1) is 11.3 Å². The van der Waals surface area contributed by atoms with Crippen LogP contribution in [0.25, 0.3) is 21.3 Å². The number of nitrogens with one attached hydrogen (secondary N) is 1. The molecular formula is C23H24N6O3S2. The molecule has 1 saturated heterocycles. The lowest BCUT2D eigenvalue weighted by Crippen LogP contribution is -2.36. The number of benzene rings is 1. The Morgan fingerprint density at radius 2 is 1.94 bits per heavy atom. The minimum absolute atomic E-state index is 0.470. The van der Waals surface area contributed by atoms with Gasteiger partial charge in [-0.3, -0.25) is 4.31 Å². The summed E-state index contributed by atoms with van der Waals surface area (Å²) in [5, 5.41) is 5.25. The Morgan fingerprint density at radius 3 is 2.68 bits per heavy atom. The van der Waals surface area contributed by atoms with Gasteiger partial charge >= 0.3 is 0 Å². The smallest absolute Gasteiger partial charge is 0.231 e. The summed E-state index contributed by atoms with van der Waals surface area (Å²) in [5.74, 6) is 1.39. The number of nitrogens with zero attached hydrogens (tertiary/aromatic N) is 5. The summed E-state index contributed by atoms with van der Waals surface area (Å²) in [4.78, 5) is 15.9. The Balaban J connectivity index is 1.40. The van der Waals surface area contributed by atoms with Crippen LogP contribution in [0.1, 0.15) is 0 Å². The summed E-state index contributed by atoms with van der Waals surface area (Å²) >= 11 is 1.55. The molecule has 9 nitrogen and oxygen atoms in total. The first kappa shape index (κ1) is 22.5. The van der Waals surface area contributed by atoms with Crippen LogP contribution in [0.5, 0.6) is 0 Å². The van der Waals surface area contributed by atoms with Crippen molar-refractivity contribution in [2.45, 2.75) is 0 Å². The maximum atomic E-state index is 12.0. The molecule has 1 aliphatic heterocycles. The van der Waals surface area contributed by atoms with Crippen molar-refractivity contribution < 1.29 is 13.2 Å². The zero-order chi connectivity index (χ0) is 23.7. The molecule has 3 aromatic heterocycles. The van der Waals surface area contributed by atoms with Gasteiger partial charge in [-0.05, 0) is 29.8 Å². The highest BCUT2D eigenvalue weighted by Gasteiger charge is 2.16. The van der Waals surface area contributed by atoms with Crippen LogP contribution in [0.2, 0.25) is 0 Å². The average Bonchev–Trinajstić information content (AvgIpc) is 3.27. The van der Waals surface area contributed by atoms with E-state index in [1.54, 1.807) is 36.8 Å². The van der Waals surface area contributed by atoms with E-state index in [1.807, 2.05) is 35.7 Å². The molecule has 5 rings (SSSR count). The summed E-state index contributed by atoms with van der Waals surface area (Å²) in [6.45, 7) is 3.10. The fourth-order valence-corrected chi connectivity index (χ4v) is 5.09. The number of sulfonamides is 1. The fraction of sp³-hybridized carbons (Fsp3) is 0.261. The van der Waals surface area contributed by atoms with Crippen molar-refractivity contribution in [3.8, 4) is 11.1 Å². The summed E-state index contributed by atoms with van der Waals surface area (Å²) in [5.41, 5.74) is 4.01. The van der Waals surface area contributed by atoms with E-state index >= 15 is 0 Å². The van der Waals surface area contributed by atoms with Gasteiger partial charge in [0.25, 0.3) is 0 Å². The summed E-state index contributed by atoms with van der Waals surface area (Å²) in [7, 11) is -1.81. The van der Waals surface area contributed by atoms with Gasteiger partial charge in [-0.1, -0.05) is 12.1 Å². The molecule has 4 aromatic rings.